The van der Waals surface area contributed by atoms with E-state index >= 15 is 0 Å². The Morgan fingerprint density at radius 2 is 1.63 bits per heavy atom. The van der Waals surface area contributed by atoms with Crippen LogP contribution in [0.15, 0.2) is 41.3 Å². The lowest BCUT2D eigenvalue weighted by Crippen LogP contribution is -2.30. The number of methoxy groups -OCH3 is 3. The van der Waals surface area contributed by atoms with E-state index < -0.39 is 16.0 Å². The predicted octanol–water partition coefficient (Wildman–Crippen LogP) is 3.28. The zero-order valence-electron chi connectivity index (χ0n) is 17.3. The normalized spacial score (nSPS) is 14.2. The lowest BCUT2D eigenvalue weighted by atomic mass is 10.1. The number of sulfonamides is 1. The summed E-state index contributed by atoms with van der Waals surface area (Å²) in [5, 5.41) is 0. The van der Waals surface area contributed by atoms with E-state index in [0.29, 0.717) is 17.2 Å². The molecular formula is C21H26N2O6S. The van der Waals surface area contributed by atoms with Gasteiger partial charge in [0.25, 0.3) is 10.0 Å². The smallest absolute Gasteiger partial charge is 0.337 e. The van der Waals surface area contributed by atoms with Gasteiger partial charge < -0.3 is 19.1 Å². The topological polar surface area (TPSA) is 94.2 Å². The van der Waals surface area contributed by atoms with E-state index in [2.05, 4.69) is 9.62 Å². The Bertz CT molecular complexity index is 1020. The molecule has 0 aromatic heterocycles. The molecule has 0 atom stereocenters. The summed E-state index contributed by atoms with van der Waals surface area (Å²) in [6.07, 6.45) is 3.20. The third-order valence-corrected chi connectivity index (χ3v) is 6.39. The van der Waals surface area contributed by atoms with Crippen molar-refractivity contribution in [3.05, 3.63) is 42.0 Å². The van der Waals surface area contributed by atoms with Crippen molar-refractivity contribution in [2.24, 2.45) is 0 Å². The summed E-state index contributed by atoms with van der Waals surface area (Å²) in [6, 6.07) is 9.27. The Labute approximate surface area is 176 Å². The standard InChI is InChI=1S/C21H26N2O6S/c1-27-19-10-8-16(14-20(19)28-2)30(25,26)22-17-13-15(21(24)29-3)7-9-18(17)23-11-5-4-6-12-23/h7-10,13-14,22H,4-6,11-12H2,1-3H3. The lowest BCUT2D eigenvalue weighted by Gasteiger charge is -2.31. The van der Waals surface area contributed by atoms with Crippen molar-refractivity contribution in [1.82, 2.24) is 0 Å². The first-order valence-electron chi connectivity index (χ1n) is 9.61. The predicted molar refractivity (Wildman–Crippen MR) is 114 cm³/mol. The third-order valence-electron chi connectivity index (χ3n) is 5.02. The van der Waals surface area contributed by atoms with E-state index in [0.717, 1.165) is 38.0 Å². The van der Waals surface area contributed by atoms with Crippen molar-refractivity contribution in [1.29, 1.82) is 0 Å². The fourth-order valence-electron chi connectivity index (χ4n) is 3.46. The Kier molecular flexibility index (Phi) is 6.71. The number of benzene rings is 2. The van der Waals surface area contributed by atoms with Gasteiger partial charge in [-0.2, -0.15) is 0 Å². The average molecular weight is 435 g/mol. The van der Waals surface area contributed by atoms with Crippen LogP contribution in [0.3, 0.4) is 0 Å². The molecule has 8 nitrogen and oxygen atoms in total. The van der Waals surface area contributed by atoms with Crippen LogP contribution in [0.2, 0.25) is 0 Å². The molecule has 30 heavy (non-hydrogen) atoms. The summed E-state index contributed by atoms with van der Waals surface area (Å²) in [4.78, 5) is 14.1. The molecule has 162 valence electrons. The SMILES string of the molecule is COC(=O)c1ccc(N2CCCCC2)c(NS(=O)(=O)c2ccc(OC)c(OC)c2)c1. The molecule has 2 aromatic carbocycles. The Morgan fingerprint density at radius 1 is 0.933 bits per heavy atom. The van der Waals surface area contributed by atoms with Gasteiger partial charge in [-0.3, -0.25) is 4.72 Å². The van der Waals surface area contributed by atoms with Gasteiger partial charge in [0, 0.05) is 19.2 Å². The van der Waals surface area contributed by atoms with Gasteiger partial charge in [0.05, 0.1) is 43.2 Å². The van der Waals surface area contributed by atoms with Crippen LogP contribution < -0.4 is 19.1 Å². The number of rotatable bonds is 7. The number of hydrogen-bond donors (Lipinski definition) is 1. The van der Waals surface area contributed by atoms with E-state index in [-0.39, 0.29) is 10.5 Å². The van der Waals surface area contributed by atoms with E-state index in [9.17, 15) is 13.2 Å². The van der Waals surface area contributed by atoms with E-state index in [1.807, 2.05) is 0 Å². The molecule has 1 saturated heterocycles. The number of carbonyl (C=O) groups excluding carboxylic acids is 1. The number of piperidine rings is 1. The van der Waals surface area contributed by atoms with Crippen LogP contribution in [0.4, 0.5) is 11.4 Å². The molecule has 0 spiro atoms. The number of carbonyl (C=O) groups is 1. The number of ether oxygens (including phenoxy) is 3. The first-order valence-corrected chi connectivity index (χ1v) is 11.1. The minimum absolute atomic E-state index is 0.0215. The molecule has 3 rings (SSSR count). The molecule has 0 unspecified atom stereocenters. The molecule has 0 aliphatic carbocycles. The zero-order valence-corrected chi connectivity index (χ0v) is 18.1. The van der Waals surface area contributed by atoms with Gasteiger partial charge in [-0.25, -0.2) is 13.2 Å². The van der Waals surface area contributed by atoms with Gasteiger partial charge in [-0.05, 0) is 49.6 Å². The van der Waals surface area contributed by atoms with Crippen LogP contribution in [0, 0.1) is 0 Å². The summed E-state index contributed by atoms with van der Waals surface area (Å²) >= 11 is 0. The van der Waals surface area contributed by atoms with E-state index in [4.69, 9.17) is 14.2 Å². The second kappa shape index (κ2) is 9.25. The quantitative estimate of drug-likeness (QED) is 0.668. The second-order valence-corrected chi connectivity index (χ2v) is 8.58. The van der Waals surface area contributed by atoms with Crippen molar-refractivity contribution in [2.45, 2.75) is 24.2 Å². The molecule has 1 N–H and O–H groups in total. The molecule has 1 fully saturated rings. The maximum absolute atomic E-state index is 13.1. The highest BCUT2D eigenvalue weighted by Gasteiger charge is 2.22. The van der Waals surface area contributed by atoms with Crippen LogP contribution in [-0.4, -0.2) is 48.8 Å². The molecule has 0 bridgehead atoms. The summed E-state index contributed by atoms with van der Waals surface area (Å²) in [5.74, 6) is 0.199. The van der Waals surface area contributed by atoms with Crippen molar-refractivity contribution in [3.8, 4) is 11.5 Å². The molecule has 1 aliphatic rings. The highest BCUT2D eigenvalue weighted by Crippen LogP contribution is 2.34. The maximum Gasteiger partial charge on any atom is 0.337 e. The highest BCUT2D eigenvalue weighted by atomic mass is 32.2. The Morgan fingerprint density at radius 3 is 2.27 bits per heavy atom. The zero-order chi connectivity index (χ0) is 21.7. The minimum atomic E-state index is -3.95. The molecule has 0 saturated carbocycles. The lowest BCUT2D eigenvalue weighted by molar-refractivity contribution is 0.0601. The molecule has 0 radical (unpaired) electrons. The van der Waals surface area contributed by atoms with E-state index in [1.165, 1.54) is 45.6 Å². The van der Waals surface area contributed by atoms with Gasteiger partial charge in [0.2, 0.25) is 0 Å². The van der Waals surface area contributed by atoms with Crippen molar-refractivity contribution in [3.63, 3.8) is 0 Å². The van der Waals surface area contributed by atoms with Gasteiger partial charge in [0.1, 0.15) is 0 Å². The van der Waals surface area contributed by atoms with Crippen molar-refractivity contribution >= 4 is 27.4 Å². The largest absolute Gasteiger partial charge is 0.493 e. The first kappa shape index (κ1) is 21.8. The number of esters is 1. The number of hydrogen-bond acceptors (Lipinski definition) is 7. The number of nitrogens with one attached hydrogen (secondary N) is 1. The minimum Gasteiger partial charge on any atom is -0.493 e. The average Bonchev–Trinajstić information content (AvgIpc) is 2.78. The van der Waals surface area contributed by atoms with Gasteiger partial charge in [-0.1, -0.05) is 0 Å². The Hall–Kier alpha value is -2.94. The fourth-order valence-corrected chi connectivity index (χ4v) is 4.54. The molecule has 1 aliphatic heterocycles. The third kappa shape index (κ3) is 4.62. The molecule has 0 amide bonds. The van der Waals surface area contributed by atoms with Gasteiger partial charge in [-0.15, -0.1) is 0 Å². The molecule has 9 heteroatoms. The molecular weight excluding hydrogens is 408 g/mol. The van der Waals surface area contributed by atoms with Gasteiger partial charge >= 0.3 is 5.97 Å². The summed E-state index contributed by atoms with van der Waals surface area (Å²) in [7, 11) is 0.261. The summed E-state index contributed by atoms with van der Waals surface area (Å²) in [6.45, 7) is 1.64. The fraction of sp³-hybridized carbons (Fsp3) is 0.381. The maximum atomic E-state index is 13.1. The first-order chi connectivity index (χ1) is 14.4. The van der Waals surface area contributed by atoms with Crippen LogP contribution in [0.1, 0.15) is 29.6 Å². The van der Waals surface area contributed by atoms with Crippen LogP contribution in [0.25, 0.3) is 0 Å². The van der Waals surface area contributed by atoms with Crippen LogP contribution in [-0.2, 0) is 14.8 Å². The summed E-state index contributed by atoms with van der Waals surface area (Å²) in [5.41, 5.74) is 1.32. The monoisotopic (exact) mass is 434 g/mol. The highest BCUT2D eigenvalue weighted by molar-refractivity contribution is 7.92. The molecule has 2 aromatic rings. The van der Waals surface area contributed by atoms with Crippen LogP contribution >= 0.6 is 0 Å². The number of nitrogens with zero attached hydrogens (tertiary/aromatic N) is 1. The van der Waals surface area contributed by atoms with Gasteiger partial charge in [0.15, 0.2) is 11.5 Å². The molecule has 1 heterocycles. The second-order valence-electron chi connectivity index (χ2n) is 6.89. The van der Waals surface area contributed by atoms with Crippen molar-refractivity contribution in [2.75, 3.05) is 44.0 Å². The Balaban J connectivity index is 2.01. The van der Waals surface area contributed by atoms with Crippen molar-refractivity contribution < 1.29 is 27.4 Å². The number of anilines is 2. The van der Waals surface area contributed by atoms with E-state index in [1.54, 1.807) is 12.1 Å². The summed E-state index contributed by atoms with van der Waals surface area (Å²) < 4.78 is 44.0. The van der Waals surface area contributed by atoms with Crippen LogP contribution in [0.5, 0.6) is 11.5 Å².